The standard InChI is InChI=1S/C15H25NO3S/c1-4-5-6-7-13(3)16-20(18,19)15-10-14(11-17)9-8-12(15)2/h8-10,13,16-17H,4-7,11H2,1-3H3. The molecule has 0 amide bonds. The largest absolute Gasteiger partial charge is 0.392 e. The highest BCUT2D eigenvalue weighted by Gasteiger charge is 2.19. The highest BCUT2D eigenvalue weighted by molar-refractivity contribution is 7.89. The van der Waals surface area contributed by atoms with Gasteiger partial charge in [-0.05, 0) is 37.5 Å². The zero-order valence-electron chi connectivity index (χ0n) is 12.5. The van der Waals surface area contributed by atoms with Gasteiger partial charge in [0, 0.05) is 6.04 Å². The van der Waals surface area contributed by atoms with Crippen LogP contribution in [0.1, 0.15) is 50.7 Å². The first-order valence-corrected chi connectivity index (χ1v) is 8.61. The van der Waals surface area contributed by atoms with E-state index in [1.165, 1.54) is 6.07 Å². The summed E-state index contributed by atoms with van der Waals surface area (Å²) >= 11 is 0. The maximum absolute atomic E-state index is 12.4. The van der Waals surface area contributed by atoms with Crippen LogP contribution in [0.4, 0.5) is 0 Å². The summed E-state index contributed by atoms with van der Waals surface area (Å²) in [5.74, 6) is 0. The molecule has 1 aromatic rings. The molecule has 1 aromatic carbocycles. The summed E-state index contributed by atoms with van der Waals surface area (Å²) in [6.45, 7) is 5.61. The number of rotatable bonds is 8. The molecule has 0 radical (unpaired) electrons. The van der Waals surface area contributed by atoms with E-state index in [0.29, 0.717) is 11.1 Å². The first-order chi connectivity index (χ1) is 9.40. The Morgan fingerprint density at radius 2 is 2.00 bits per heavy atom. The second kappa shape index (κ2) is 7.76. The third kappa shape index (κ3) is 4.89. The van der Waals surface area contributed by atoms with E-state index in [4.69, 9.17) is 5.11 Å². The van der Waals surface area contributed by atoms with Gasteiger partial charge >= 0.3 is 0 Å². The van der Waals surface area contributed by atoms with Gasteiger partial charge in [-0.3, -0.25) is 0 Å². The van der Waals surface area contributed by atoms with Crippen LogP contribution < -0.4 is 4.72 Å². The summed E-state index contributed by atoms with van der Waals surface area (Å²) in [5.41, 5.74) is 1.30. The van der Waals surface area contributed by atoms with Gasteiger partial charge in [-0.25, -0.2) is 13.1 Å². The Labute approximate surface area is 122 Å². The first kappa shape index (κ1) is 17.1. The van der Waals surface area contributed by atoms with Crippen LogP contribution in [0.2, 0.25) is 0 Å². The van der Waals surface area contributed by atoms with Crippen molar-refractivity contribution in [3.05, 3.63) is 29.3 Å². The van der Waals surface area contributed by atoms with Gasteiger partial charge in [0.15, 0.2) is 0 Å². The van der Waals surface area contributed by atoms with Crippen LogP contribution in [-0.4, -0.2) is 19.6 Å². The van der Waals surface area contributed by atoms with Crippen LogP contribution in [-0.2, 0) is 16.6 Å². The number of aryl methyl sites for hydroxylation is 1. The minimum Gasteiger partial charge on any atom is -0.392 e. The molecule has 1 atom stereocenters. The van der Waals surface area contributed by atoms with Crippen molar-refractivity contribution in [2.45, 2.75) is 64.0 Å². The number of hydrogen-bond donors (Lipinski definition) is 2. The van der Waals surface area contributed by atoms with Gasteiger partial charge in [0.1, 0.15) is 0 Å². The van der Waals surface area contributed by atoms with Crippen LogP contribution in [0, 0.1) is 6.92 Å². The molecule has 0 aliphatic rings. The Morgan fingerprint density at radius 3 is 2.60 bits per heavy atom. The molecule has 0 spiro atoms. The number of aliphatic hydroxyl groups is 1. The van der Waals surface area contributed by atoms with Crippen molar-refractivity contribution < 1.29 is 13.5 Å². The maximum atomic E-state index is 12.4. The summed E-state index contributed by atoms with van der Waals surface area (Å²) in [6, 6.07) is 4.92. The number of unbranched alkanes of at least 4 members (excludes halogenated alkanes) is 2. The van der Waals surface area contributed by atoms with E-state index in [-0.39, 0.29) is 17.5 Å². The molecule has 0 heterocycles. The molecule has 114 valence electrons. The van der Waals surface area contributed by atoms with Crippen molar-refractivity contribution in [2.24, 2.45) is 0 Å². The fourth-order valence-corrected chi connectivity index (χ4v) is 3.69. The van der Waals surface area contributed by atoms with Gasteiger partial charge in [-0.15, -0.1) is 0 Å². The van der Waals surface area contributed by atoms with Crippen LogP contribution in [0.3, 0.4) is 0 Å². The smallest absolute Gasteiger partial charge is 0.241 e. The van der Waals surface area contributed by atoms with Crippen molar-refractivity contribution in [1.82, 2.24) is 4.72 Å². The van der Waals surface area contributed by atoms with Crippen LogP contribution in [0.15, 0.2) is 23.1 Å². The summed E-state index contributed by atoms with van der Waals surface area (Å²) in [7, 11) is -3.52. The van der Waals surface area contributed by atoms with Gasteiger partial charge in [0.05, 0.1) is 11.5 Å². The highest BCUT2D eigenvalue weighted by atomic mass is 32.2. The third-order valence-electron chi connectivity index (χ3n) is 3.32. The maximum Gasteiger partial charge on any atom is 0.241 e. The van der Waals surface area contributed by atoms with Gasteiger partial charge in [-0.1, -0.05) is 38.3 Å². The molecule has 2 N–H and O–H groups in total. The number of aliphatic hydroxyl groups excluding tert-OH is 1. The molecule has 0 bridgehead atoms. The van der Waals surface area contributed by atoms with Gasteiger partial charge in [-0.2, -0.15) is 0 Å². The molecule has 0 aromatic heterocycles. The lowest BCUT2D eigenvalue weighted by atomic mass is 10.1. The monoisotopic (exact) mass is 299 g/mol. The average Bonchev–Trinajstić information content (AvgIpc) is 2.38. The highest BCUT2D eigenvalue weighted by Crippen LogP contribution is 2.18. The Balaban J connectivity index is 2.83. The Kier molecular flexibility index (Phi) is 6.65. The molecular formula is C15H25NO3S. The van der Waals surface area contributed by atoms with E-state index in [1.807, 2.05) is 6.92 Å². The number of benzene rings is 1. The van der Waals surface area contributed by atoms with Crippen molar-refractivity contribution in [3.63, 3.8) is 0 Å². The SMILES string of the molecule is CCCCCC(C)NS(=O)(=O)c1cc(CO)ccc1C. The third-order valence-corrected chi connectivity index (χ3v) is 5.05. The molecule has 0 aliphatic heterocycles. The molecule has 4 nitrogen and oxygen atoms in total. The lowest BCUT2D eigenvalue weighted by molar-refractivity contribution is 0.281. The van der Waals surface area contributed by atoms with Gasteiger partial charge in [0.25, 0.3) is 0 Å². The molecular weight excluding hydrogens is 274 g/mol. The van der Waals surface area contributed by atoms with Crippen molar-refractivity contribution in [2.75, 3.05) is 0 Å². The quantitative estimate of drug-likeness (QED) is 0.725. The minimum absolute atomic E-state index is 0.0799. The molecule has 0 aliphatic carbocycles. The van der Waals surface area contributed by atoms with E-state index in [2.05, 4.69) is 11.6 Å². The number of sulfonamides is 1. The topological polar surface area (TPSA) is 66.4 Å². The Morgan fingerprint density at radius 1 is 1.30 bits per heavy atom. The van der Waals surface area contributed by atoms with Gasteiger partial charge < -0.3 is 5.11 Å². The summed E-state index contributed by atoms with van der Waals surface area (Å²) in [5, 5.41) is 9.13. The van der Waals surface area contributed by atoms with E-state index in [9.17, 15) is 8.42 Å². The molecule has 1 rings (SSSR count). The summed E-state index contributed by atoms with van der Waals surface area (Å²) < 4.78 is 27.5. The van der Waals surface area contributed by atoms with E-state index in [1.54, 1.807) is 19.1 Å². The fourth-order valence-electron chi connectivity index (χ4n) is 2.12. The zero-order chi connectivity index (χ0) is 15.2. The lowest BCUT2D eigenvalue weighted by Crippen LogP contribution is -2.33. The fraction of sp³-hybridized carbons (Fsp3) is 0.600. The summed E-state index contributed by atoms with van der Waals surface area (Å²) in [6.07, 6.45) is 4.10. The van der Waals surface area contributed by atoms with Gasteiger partial charge in [0.2, 0.25) is 10.0 Å². The van der Waals surface area contributed by atoms with E-state index in [0.717, 1.165) is 25.7 Å². The second-order valence-corrected chi connectivity index (χ2v) is 6.96. The lowest BCUT2D eigenvalue weighted by Gasteiger charge is -2.16. The van der Waals surface area contributed by atoms with Crippen LogP contribution in [0.5, 0.6) is 0 Å². The van der Waals surface area contributed by atoms with Crippen LogP contribution >= 0.6 is 0 Å². The first-order valence-electron chi connectivity index (χ1n) is 7.13. The van der Waals surface area contributed by atoms with Crippen molar-refractivity contribution in [1.29, 1.82) is 0 Å². The summed E-state index contributed by atoms with van der Waals surface area (Å²) in [4.78, 5) is 0.256. The van der Waals surface area contributed by atoms with E-state index >= 15 is 0 Å². The van der Waals surface area contributed by atoms with Crippen molar-refractivity contribution in [3.8, 4) is 0 Å². The molecule has 0 fully saturated rings. The molecule has 0 saturated carbocycles. The molecule has 5 heteroatoms. The minimum atomic E-state index is -3.52. The van der Waals surface area contributed by atoms with Crippen LogP contribution in [0.25, 0.3) is 0 Å². The predicted octanol–water partition coefficient (Wildman–Crippen LogP) is 2.73. The van der Waals surface area contributed by atoms with E-state index < -0.39 is 10.0 Å². The molecule has 1 unspecified atom stereocenters. The number of nitrogens with one attached hydrogen (secondary N) is 1. The Hall–Kier alpha value is -0.910. The average molecular weight is 299 g/mol. The Bertz CT molecular complexity index is 526. The van der Waals surface area contributed by atoms with Crippen molar-refractivity contribution >= 4 is 10.0 Å². The second-order valence-electron chi connectivity index (χ2n) is 5.28. The molecule has 0 saturated heterocycles. The molecule has 20 heavy (non-hydrogen) atoms. The predicted molar refractivity (Wildman–Crippen MR) is 81.0 cm³/mol. The number of hydrogen-bond acceptors (Lipinski definition) is 3. The zero-order valence-corrected chi connectivity index (χ0v) is 13.3. The normalized spacial score (nSPS) is 13.4.